The van der Waals surface area contributed by atoms with Crippen LogP contribution in [0.4, 0.5) is 15.9 Å². The van der Waals surface area contributed by atoms with Gasteiger partial charge in [0.05, 0.1) is 29.4 Å². The number of nitrogens with zero attached hydrogens (tertiary/aromatic N) is 3. The van der Waals surface area contributed by atoms with Gasteiger partial charge in [0, 0.05) is 16.5 Å². The Balaban J connectivity index is 1.54. The molecule has 4 aromatic rings. The van der Waals surface area contributed by atoms with Crippen LogP contribution in [-0.2, 0) is 15.8 Å². The zero-order valence-corrected chi connectivity index (χ0v) is 23.1. The minimum Gasteiger partial charge on any atom is -0.393 e. The van der Waals surface area contributed by atoms with E-state index < -0.39 is 21.6 Å². The van der Waals surface area contributed by atoms with Gasteiger partial charge in [-0.2, -0.15) is 0 Å². The van der Waals surface area contributed by atoms with Gasteiger partial charge in [-0.3, -0.25) is 9.12 Å². The van der Waals surface area contributed by atoms with Crippen molar-refractivity contribution in [1.82, 2.24) is 14.4 Å². The Labute approximate surface area is 231 Å². The smallest absolute Gasteiger partial charge is 0.237 e. The maximum atomic E-state index is 15.3. The monoisotopic (exact) mass is 569 g/mol. The molecule has 2 aromatic carbocycles. The van der Waals surface area contributed by atoms with Gasteiger partial charge in [0.1, 0.15) is 28.7 Å². The fourth-order valence-electron chi connectivity index (χ4n) is 4.80. The number of fused-ring (bicyclic) bond motifs is 1. The molecule has 39 heavy (non-hydrogen) atoms. The molecule has 11 heteroatoms. The molecule has 0 radical (unpaired) electrons. The van der Waals surface area contributed by atoms with Gasteiger partial charge in [0.15, 0.2) is 0 Å². The van der Waals surface area contributed by atoms with Crippen molar-refractivity contribution >= 4 is 44.2 Å². The van der Waals surface area contributed by atoms with Gasteiger partial charge < -0.3 is 10.8 Å². The molecule has 5 rings (SSSR count). The van der Waals surface area contributed by atoms with E-state index in [1.54, 1.807) is 36.5 Å². The number of hydrogen-bond donors (Lipinski definition) is 3. The number of halogens is 2. The van der Waals surface area contributed by atoms with Crippen molar-refractivity contribution in [3.05, 3.63) is 82.7 Å². The van der Waals surface area contributed by atoms with Crippen LogP contribution >= 0.6 is 11.6 Å². The third-order valence-electron chi connectivity index (χ3n) is 6.75. The molecular weight excluding hydrogens is 541 g/mol. The standard InChI is InChI=1S/C28H29ClFN5O3S/c1-16(2)28-33-25(26-27(31)32-14-24(35(26)28)17-7-10-20(36)11-8-17)18-9-12-23(22(30)13-18)34-39(37,38)15-19-5-3-4-6-21(19)29/h3-7,9,12-14,16,20,34,36H,8,10-11,15H2,1-2H3,(H2,31,32). The van der Waals surface area contributed by atoms with Crippen molar-refractivity contribution in [3.8, 4) is 11.3 Å². The number of aliphatic hydroxyl groups is 1. The Kier molecular flexibility index (Phi) is 7.37. The van der Waals surface area contributed by atoms with Gasteiger partial charge in [0.2, 0.25) is 10.0 Å². The Morgan fingerprint density at radius 2 is 2.03 bits per heavy atom. The van der Waals surface area contributed by atoms with Crippen LogP contribution in [0.25, 0.3) is 22.3 Å². The van der Waals surface area contributed by atoms with Crippen molar-refractivity contribution in [2.45, 2.75) is 50.9 Å². The normalized spacial score (nSPS) is 16.1. The summed E-state index contributed by atoms with van der Waals surface area (Å²) in [5.41, 5.74) is 9.87. The van der Waals surface area contributed by atoms with Crippen LogP contribution in [0.15, 0.2) is 54.7 Å². The van der Waals surface area contributed by atoms with Gasteiger partial charge in [0.25, 0.3) is 0 Å². The lowest BCUT2D eigenvalue weighted by atomic mass is 9.95. The Morgan fingerprint density at radius 1 is 1.26 bits per heavy atom. The second kappa shape index (κ2) is 10.6. The summed E-state index contributed by atoms with van der Waals surface area (Å²) in [6.45, 7) is 4.02. The highest BCUT2D eigenvalue weighted by atomic mass is 35.5. The van der Waals surface area contributed by atoms with E-state index in [9.17, 15) is 13.5 Å². The lowest BCUT2D eigenvalue weighted by molar-refractivity contribution is 0.166. The summed E-state index contributed by atoms with van der Waals surface area (Å²) in [5, 5.41) is 10.3. The predicted molar refractivity (Wildman–Crippen MR) is 152 cm³/mol. The number of hydrogen-bond acceptors (Lipinski definition) is 6. The van der Waals surface area contributed by atoms with Crippen LogP contribution in [0.5, 0.6) is 0 Å². The minimum absolute atomic E-state index is 0.0160. The number of nitrogen functional groups attached to an aromatic ring is 1. The van der Waals surface area contributed by atoms with Crippen molar-refractivity contribution in [1.29, 1.82) is 0 Å². The summed E-state index contributed by atoms with van der Waals surface area (Å²) in [7, 11) is -3.93. The predicted octanol–water partition coefficient (Wildman–Crippen LogP) is 5.76. The molecule has 1 atom stereocenters. The average Bonchev–Trinajstić information content (AvgIpc) is 3.29. The van der Waals surface area contributed by atoms with E-state index in [0.717, 1.165) is 17.1 Å². The molecule has 1 unspecified atom stereocenters. The van der Waals surface area contributed by atoms with Crippen LogP contribution < -0.4 is 10.5 Å². The first-order valence-corrected chi connectivity index (χ1v) is 14.6. The molecule has 204 valence electrons. The molecule has 2 aromatic heterocycles. The highest BCUT2D eigenvalue weighted by Crippen LogP contribution is 2.36. The molecule has 0 aliphatic heterocycles. The summed E-state index contributed by atoms with van der Waals surface area (Å²) in [6.07, 6.45) is 5.24. The van der Waals surface area contributed by atoms with E-state index in [-0.39, 0.29) is 23.5 Å². The highest BCUT2D eigenvalue weighted by Gasteiger charge is 2.24. The van der Waals surface area contributed by atoms with Gasteiger partial charge in [-0.15, -0.1) is 0 Å². The molecule has 0 amide bonds. The molecule has 1 aliphatic rings. The molecule has 2 heterocycles. The number of imidazole rings is 1. The Bertz CT molecular complexity index is 1700. The van der Waals surface area contributed by atoms with Gasteiger partial charge in [-0.25, -0.2) is 22.8 Å². The molecule has 0 saturated carbocycles. The third-order valence-corrected chi connectivity index (χ3v) is 8.34. The van der Waals surface area contributed by atoms with Crippen molar-refractivity contribution in [3.63, 3.8) is 0 Å². The topological polar surface area (TPSA) is 123 Å². The van der Waals surface area contributed by atoms with Crippen molar-refractivity contribution in [2.75, 3.05) is 10.5 Å². The first-order valence-electron chi connectivity index (χ1n) is 12.6. The van der Waals surface area contributed by atoms with Gasteiger partial charge in [-0.1, -0.05) is 55.8 Å². The second-order valence-electron chi connectivity index (χ2n) is 9.99. The van der Waals surface area contributed by atoms with Crippen LogP contribution in [0.3, 0.4) is 0 Å². The van der Waals surface area contributed by atoms with E-state index in [4.69, 9.17) is 22.3 Å². The SMILES string of the molecule is CC(C)c1nc(-c2ccc(NS(=O)(=O)Cc3ccccc3Cl)c(F)c2)c2c(N)ncc(C3=CCC(O)CC3)n12. The number of sulfonamides is 1. The first-order chi connectivity index (χ1) is 18.5. The number of rotatable bonds is 7. The molecule has 0 saturated heterocycles. The number of nitrogens with one attached hydrogen (secondary N) is 1. The largest absolute Gasteiger partial charge is 0.393 e. The Morgan fingerprint density at radius 3 is 2.69 bits per heavy atom. The van der Waals surface area contributed by atoms with Crippen molar-refractivity contribution in [2.24, 2.45) is 0 Å². The molecule has 8 nitrogen and oxygen atoms in total. The summed E-state index contributed by atoms with van der Waals surface area (Å²) in [5.74, 6) is -0.151. The molecule has 1 aliphatic carbocycles. The lowest BCUT2D eigenvalue weighted by Crippen LogP contribution is -2.16. The van der Waals surface area contributed by atoms with Crippen LogP contribution in [-0.4, -0.2) is 34.0 Å². The van der Waals surface area contributed by atoms with Gasteiger partial charge >= 0.3 is 0 Å². The second-order valence-corrected chi connectivity index (χ2v) is 12.1. The van der Waals surface area contributed by atoms with E-state index >= 15 is 4.39 Å². The lowest BCUT2D eigenvalue weighted by Gasteiger charge is -2.20. The highest BCUT2D eigenvalue weighted by molar-refractivity contribution is 7.91. The van der Waals surface area contributed by atoms with E-state index in [1.165, 1.54) is 12.1 Å². The first kappa shape index (κ1) is 27.1. The summed E-state index contributed by atoms with van der Waals surface area (Å²) >= 11 is 6.10. The fraction of sp³-hybridized carbons (Fsp3) is 0.286. The summed E-state index contributed by atoms with van der Waals surface area (Å²) < 4.78 is 45.0. The number of anilines is 2. The molecule has 0 bridgehead atoms. The quantitative estimate of drug-likeness (QED) is 0.260. The maximum absolute atomic E-state index is 15.3. The number of nitrogens with two attached hydrogens (primary N) is 1. The minimum atomic E-state index is -3.93. The third kappa shape index (κ3) is 5.50. The summed E-state index contributed by atoms with van der Waals surface area (Å²) in [6, 6.07) is 10.8. The number of allylic oxidation sites excluding steroid dienone is 1. The molecule has 0 spiro atoms. The van der Waals surface area contributed by atoms with Crippen LogP contribution in [0, 0.1) is 5.82 Å². The van der Waals surface area contributed by atoms with E-state index in [0.29, 0.717) is 46.6 Å². The zero-order chi connectivity index (χ0) is 27.9. The van der Waals surface area contributed by atoms with Crippen LogP contribution in [0.2, 0.25) is 5.02 Å². The van der Waals surface area contributed by atoms with Gasteiger partial charge in [-0.05, 0) is 48.6 Å². The number of aliphatic hydroxyl groups excluding tert-OH is 1. The fourth-order valence-corrected chi connectivity index (χ4v) is 6.32. The average molecular weight is 570 g/mol. The van der Waals surface area contributed by atoms with Crippen LogP contribution in [0.1, 0.15) is 56.1 Å². The van der Waals surface area contributed by atoms with E-state index in [1.807, 2.05) is 24.3 Å². The Hall–Kier alpha value is -3.47. The summed E-state index contributed by atoms with van der Waals surface area (Å²) in [4.78, 5) is 9.26. The molecule has 4 N–H and O–H groups in total. The number of benzene rings is 2. The van der Waals surface area contributed by atoms with Crippen molar-refractivity contribution < 1.29 is 17.9 Å². The number of aromatic nitrogens is 3. The van der Waals surface area contributed by atoms with E-state index in [2.05, 4.69) is 9.71 Å². The molecule has 0 fully saturated rings. The maximum Gasteiger partial charge on any atom is 0.237 e. The zero-order valence-electron chi connectivity index (χ0n) is 21.5. The molecular formula is C28H29ClFN5O3S.